The van der Waals surface area contributed by atoms with Gasteiger partial charge >= 0.3 is 5.97 Å². The topological polar surface area (TPSA) is 35.5 Å². The van der Waals surface area contributed by atoms with Crippen molar-refractivity contribution in [2.45, 2.75) is 76.1 Å². The average molecular weight is 460 g/mol. The first-order chi connectivity index (χ1) is 12.1. The fourth-order valence-electron chi connectivity index (χ4n) is 2.81. The lowest BCUT2D eigenvalue weighted by Crippen LogP contribution is -2.15. The Kier molecular flexibility index (Phi) is 12.0. The number of aryl methyl sites for hydroxylation is 1. The third-order valence-electron chi connectivity index (χ3n) is 4.25. The SMILES string of the molecule is CCCCCCCCC(I)COc1c(CC)cccc1C(=O)OCC. The highest BCUT2D eigenvalue weighted by Crippen LogP contribution is 2.27. The minimum absolute atomic E-state index is 0.297. The Bertz CT molecular complexity index is 502. The molecule has 3 nitrogen and oxygen atoms in total. The Hall–Kier alpha value is -0.780. The number of ether oxygens (including phenoxy) is 2. The van der Waals surface area contributed by atoms with Crippen molar-refractivity contribution in [2.24, 2.45) is 0 Å². The van der Waals surface area contributed by atoms with Crippen molar-refractivity contribution in [3.63, 3.8) is 0 Å². The Balaban J connectivity index is 2.53. The summed E-state index contributed by atoms with van der Waals surface area (Å²) in [5, 5.41) is 0. The zero-order valence-electron chi connectivity index (χ0n) is 16.0. The van der Waals surface area contributed by atoms with Crippen LogP contribution in [0.25, 0.3) is 0 Å². The quantitative estimate of drug-likeness (QED) is 0.149. The number of carbonyl (C=O) groups is 1. The van der Waals surface area contributed by atoms with Crippen LogP contribution in [0.2, 0.25) is 0 Å². The summed E-state index contributed by atoms with van der Waals surface area (Å²) in [5.74, 6) is 0.404. The molecule has 0 fully saturated rings. The number of esters is 1. The molecule has 1 unspecified atom stereocenters. The number of unbranched alkanes of at least 4 members (excludes halogenated alkanes) is 5. The minimum atomic E-state index is -0.297. The van der Waals surface area contributed by atoms with Gasteiger partial charge in [-0.1, -0.05) is 87.1 Å². The van der Waals surface area contributed by atoms with Gasteiger partial charge in [0.2, 0.25) is 0 Å². The lowest BCUT2D eigenvalue weighted by Gasteiger charge is -2.17. The van der Waals surface area contributed by atoms with Gasteiger partial charge in [0.15, 0.2) is 0 Å². The molecule has 0 N–H and O–H groups in total. The van der Waals surface area contributed by atoms with Crippen LogP contribution in [0.5, 0.6) is 5.75 Å². The molecule has 0 heterocycles. The molecule has 142 valence electrons. The van der Waals surface area contributed by atoms with Crippen LogP contribution in [0, 0.1) is 0 Å². The van der Waals surface area contributed by atoms with Gasteiger partial charge in [-0.2, -0.15) is 0 Å². The van der Waals surface area contributed by atoms with Gasteiger partial charge in [-0.15, -0.1) is 0 Å². The number of benzene rings is 1. The predicted molar refractivity (Wildman–Crippen MR) is 113 cm³/mol. The second-order valence-corrected chi connectivity index (χ2v) is 8.09. The number of carbonyl (C=O) groups excluding carboxylic acids is 1. The second-order valence-electron chi connectivity index (χ2n) is 6.33. The maximum absolute atomic E-state index is 12.2. The normalized spacial score (nSPS) is 12.0. The Labute approximate surface area is 167 Å². The molecule has 0 aliphatic carbocycles. The van der Waals surface area contributed by atoms with E-state index in [2.05, 4.69) is 36.4 Å². The maximum Gasteiger partial charge on any atom is 0.341 e. The summed E-state index contributed by atoms with van der Waals surface area (Å²) in [6.45, 7) is 7.16. The number of hydrogen-bond acceptors (Lipinski definition) is 3. The molecule has 4 heteroatoms. The third-order valence-corrected chi connectivity index (χ3v) is 5.23. The third kappa shape index (κ3) is 8.43. The van der Waals surface area contributed by atoms with E-state index in [1.54, 1.807) is 6.07 Å². The standard InChI is InChI=1S/C21H33IO3/c1-4-7-8-9-10-11-14-18(22)16-25-20-17(5-2)13-12-15-19(20)21(23)24-6-3/h12-13,15,18H,4-11,14,16H2,1-3H3. The van der Waals surface area contributed by atoms with E-state index in [1.165, 1.54) is 38.5 Å². The van der Waals surface area contributed by atoms with Crippen molar-refractivity contribution in [2.75, 3.05) is 13.2 Å². The molecule has 0 bridgehead atoms. The van der Waals surface area contributed by atoms with Crippen LogP contribution in [0.3, 0.4) is 0 Å². The van der Waals surface area contributed by atoms with Crippen LogP contribution >= 0.6 is 22.6 Å². The van der Waals surface area contributed by atoms with Gasteiger partial charge in [-0.3, -0.25) is 0 Å². The van der Waals surface area contributed by atoms with Crippen molar-refractivity contribution in [1.82, 2.24) is 0 Å². The van der Waals surface area contributed by atoms with Crippen LogP contribution in [0.4, 0.5) is 0 Å². The molecule has 0 radical (unpaired) electrons. The first-order valence-corrected chi connectivity index (χ1v) is 10.9. The second kappa shape index (κ2) is 13.4. The first-order valence-electron chi connectivity index (χ1n) is 9.69. The molecule has 0 spiro atoms. The van der Waals surface area contributed by atoms with Crippen LogP contribution in [-0.2, 0) is 11.2 Å². The molecule has 0 aromatic heterocycles. The van der Waals surface area contributed by atoms with Crippen LogP contribution < -0.4 is 4.74 Å². The van der Waals surface area contributed by atoms with Crippen LogP contribution in [-0.4, -0.2) is 23.1 Å². The largest absolute Gasteiger partial charge is 0.491 e. The lowest BCUT2D eigenvalue weighted by molar-refractivity contribution is 0.0521. The van der Waals surface area contributed by atoms with Crippen molar-refractivity contribution in [3.8, 4) is 5.75 Å². The number of para-hydroxylation sites is 1. The zero-order chi connectivity index (χ0) is 18.5. The van der Waals surface area contributed by atoms with Gasteiger partial charge in [0, 0.05) is 3.92 Å². The summed E-state index contributed by atoms with van der Waals surface area (Å²) in [6.07, 6.45) is 9.89. The van der Waals surface area contributed by atoms with E-state index >= 15 is 0 Å². The zero-order valence-corrected chi connectivity index (χ0v) is 18.1. The molecule has 0 amide bonds. The van der Waals surface area contributed by atoms with E-state index < -0.39 is 0 Å². The molecule has 0 saturated carbocycles. The van der Waals surface area contributed by atoms with Gasteiger partial charge in [0.05, 0.1) is 13.2 Å². The summed E-state index contributed by atoms with van der Waals surface area (Å²) in [7, 11) is 0. The summed E-state index contributed by atoms with van der Waals surface area (Å²) in [6, 6.07) is 5.71. The molecular weight excluding hydrogens is 427 g/mol. The molecule has 0 aliphatic heterocycles. The highest BCUT2D eigenvalue weighted by atomic mass is 127. The van der Waals surface area contributed by atoms with Crippen molar-refractivity contribution in [3.05, 3.63) is 29.3 Å². The minimum Gasteiger partial charge on any atom is -0.491 e. The highest BCUT2D eigenvalue weighted by Gasteiger charge is 2.17. The predicted octanol–water partition coefficient (Wildman–Crippen LogP) is 6.36. The molecule has 1 aromatic carbocycles. The summed E-state index contributed by atoms with van der Waals surface area (Å²) < 4.78 is 11.7. The highest BCUT2D eigenvalue weighted by molar-refractivity contribution is 14.1. The Morgan fingerprint density at radius 1 is 1.08 bits per heavy atom. The maximum atomic E-state index is 12.2. The number of alkyl halides is 1. The van der Waals surface area contributed by atoms with E-state index in [4.69, 9.17) is 9.47 Å². The van der Waals surface area contributed by atoms with Crippen molar-refractivity contribution >= 4 is 28.6 Å². The first kappa shape index (κ1) is 22.3. The van der Waals surface area contributed by atoms with Gasteiger partial charge < -0.3 is 9.47 Å². The molecule has 25 heavy (non-hydrogen) atoms. The summed E-state index contributed by atoms with van der Waals surface area (Å²) in [4.78, 5) is 12.2. The molecule has 1 atom stereocenters. The summed E-state index contributed by atoms with van der Waals surface area (Å²) >= 11 is 2.47. The number of halogens is 1. The van der Waals surface area contributed by atoms with E-state index in [1.807, 2.05) is 19.1 Å². The van der Waals surface area contributed by atoms with E-state index in [-0.39, 0.29) is 5.97 Å². The molecule has 1 aromatic rings. The van der Waals surface area contributed by atoms with Gasteiger partial charge in [0.1, 0.15) is 11.3 Å². The number of rotatable bonds is 13. The average Bonchev–Trinajstić information content (AvgIpc) is 2.62. The smallest absolute Gasteiger partial charge is 0.341 e. The lowest BCUT2D eigenvalue weighted by atomic mass is 10.1. The van der Waals surface area contributed by atoms with E-state index in [0.717, 1.165) is 18.4 Å². The van der Waals surface area contributed by atoms with E-state index in [9.17, 15) is 4.79 Å². The summed E-state index contributed by atoms with van der Waals surface area (Å²) in [5.41, 5.74) is 1.61. The molecule has 1 rings (SSSR count). The monoisotopic (exact) mass is 460 g/mol. The number of hydrogen-bond donors (Lipinski definition) is 0. The van der Waals surface area contributed by atoms with Gasteiger partial charge in [-0.25, -0.2) is 4.79 Å². The molecule has 0 saturated heterocycles. The Morgan fingerprint density at radius 2 is 1.80 bits per heavy atom. The van der Waals surface area contributed by atoms with Crippen LogP contribution in [0.1, 0.15) is 81.6 Å². The van der Waals surface area contributed by atoms with Crippen molar-refractivity contribution < 1.29 is 14.3 Å². The fraction of sp³-hybridized carbons (Fsp3) is 0.667. The van der Waals surface area contributed by atoms with Crippen molar-refractivity contribution in [1.29, 1.82) is 0 Å². The van der Waals surface area contributed by atoms with Gasteiger partial charge in [0.25, 0.3) is 0 Å². The molecular formula is C21H33IO3. The van der Waals surface area contributed by atoms with Crippen LogP contribution in [0.15, 0.2) is 18.2 Å². The Morgan fingerprint density at radius 3 is 2.48 bits per heavy atom. The fourth-order valence-corrected chi connectivity index (χ4v) is 3.43. The molecule has 0 aliphatic rings. The van der Waals surface area contributed by atoms with E-state index in [0.29, 0.717) is 28.5 Å². The van der Waals surface area contributed by atoms with Gasteiger partial charge in [-0.05, 0) is 31.4 Å².